The minimum absolute atomic E-state index is 0.0388. The fourth-order valence-corrected chi connectivity index (χ4v) is 4.32. The molecule has 0 spiro atoms. The minimum Gasteiger partial charge on any atom is -0.387 e. The summed E-state index contributed by atoms with van der Waals surface area (Å²) < 4.78 is 27.2. The molecule has 2 aromatic carbocycles. The van der Waals surface area contributed by atoms with Crippen molar-refractivity contribution < 1.29 is 13.5 Å². The molecule has 1 unspecified atom stereocenters. The summed E-state index contributed by atoms with van der Waals surface area (Å²) in [6, 6.07) is 10.1. The Morgan fingerprint density at radius 3 is 2.38 bits per heavy atom. The summed E-state index contributed by atoms with van der Waals surface area (Å²) in [7, 11) is -3.85. The lowest BCUT2D eigenvalue weighted by Gasteiger charge is -2.14. The van der Waals surface area contributed by atoms with Crippen LogP contribution < -0.4 is 4.72 Å². The van der Waals surface area contributed by atoms with E-state index >= 15 is 0 Å². The number of benzene rings is 2. The van der Waals surface area contributed by atoms with Gasteiger partial charge in [-0.15, -0.1) is 11.8 Å². The number of hydrogen-bond donors (Lipinski definition) is 2. The Bertz CT molecular complexity index is 824. The Labute approximate surface area is 156 Å². The molecular formula is C16H17Cl2NO3S2. The van der Waals surface area contributed by atoms with Crippen molar-refractivity contribution in [1.82, 2.24) is 4.72 Å². The molecule has 0 fully saturated rings. The summed E-state index contributed by atoms with van der Waals surface area (Å²) in [6.07, 6.45) is 1.00. The van der Waals surface area contributed by atoms with Gasteiger partial charge in [0, 0.05) is 16.5 Å². The van der Waals surface area contributed by atoms with Gasteiger partial charge in [-0.2, -0.15) is 0 Å². The van der Waals surface area contributed by atoms with Gasteiger partial charge in [0.1, 0.15) is 4.90 Å². The number of aryl methyl sites for hydroxylation is 1. The Morgan fingerprint density at radius 2 is 1.79 bits per heavy atom. The third kappa shape index (κ3) is 4.65. The molecule has 2 rings (SSSR count). The van der Waals surface area contributed by atoms with Crippen molar-refractivity contribution >= 4 is 45.0 Å². The van der Waals surface area contributed by atoms with E-state index < -0.39 is 16.1 Å². The summed E-state index contributed by atoms with van der Waals surface area (Å²) in [4.78, 5) is 1.01. The van der Waals surface area contributed by atoms with Crippen molar-refractivity contribution in [3.63, 3.8) is 0 Å². The van der Waals surface area contributed by atoms with E-state index in [2.05, 4.69) is 4.72 Å². The predicted molar refractivity (Wildman–Crippen MR) is 99.6 cm³/mol. The second-order valence-electron chi connectivity index (χ2n) is 5.17. The molecule has 0 aliphatic heterocycles. The lowest BCUT2D eigenvalue weighted by atomic mass is 10.1. The molecule has 0 radical (unpaired) electrons. The number of aliphatic hydroxyl groups excluding tert-OH is 1. The van der Waals surface area contributed by atoms with Crippen molar-refractivity contribution in [2.75, 3.05) is 12.8 Å². The molecule has 0 bridgehead atoms. The van der Waals surface area contributed by atoms with Crippen LogP contribution in [0.2, 0.25) is 10.0 Å². The largest absolute Gasteiger partial charge is 0.387 e. The first kappa shape index (κ1) is 19.6. The van der Waals surface area contributed by atoms with Crippen LogP contribution in [0, 0.1) is 6.92 Å². The number of nitrogens with one attached hydrogen (secondary N) is 1. The summed E-state index contributed by atoms with van der Waals surface area (Å²) in [5.74, 6) is 0. The van der Waals surface area contributed by atoms with Crippen molar-refractivity contribution in [3.8, 4) is 0 Å². The lowest BCUT2D eigenvalue weighted by Crippen LogP contribution is -2.28. The number of hydrogen-bond acceptors (Lipinski definition) is 4. The van der Waals surface area contributed by atoms with Crippen LogP contribution in [0.4, 0.5) is 0 Å². The van der Waals surface area contributed by atoms with Gasteiger partial charge in [-0.25, -0.2) is 13.1 Å². The highest BCUT2D eigenvalue weighted by atomic mass is 35.5. The van der Waals surface area contributed by atoms with Gasteiger partial charge >= 0.3 is 0 Å². The number of rotatable bonds is 6. The van der Waals surface area contributed by atoms with E-state index in [1.54, 1.807) is 30.8 Å². The SMILES string of the molecule is CSc1ccc(C(O)CNS(=O)(=O)c2cc(C)c(Cl)cc2Cl)cc1. The molecule has 24 heavy (non-hydrogen) atoms. The molecule has 8 heteroatoms. The van der Waals surface area contributed by atoms with E-state index in [-0.39, 0.29) is 16.5 Å². The van der Waals surface area contributed by atoms with Crippen LogP contribution in [0.25, 0.3) is 0 Å². The minimum atomic E-state index is -3.85. The highest BCUT2D eigenvalue weighted by molar-refractivity contribution is 7.98. The van der Waals surface area contributed by atoms with E-state index in [4.69, 9.17) is 23.2 Å². The molecule has 2 N–H and O–H groups in total. The van der Waals surface area contributed by atoms with Crippen LogP contribution in [0.3, 0.4) is 0 Å². The normalized spacial score (nSPS) is 13.0. The molecular weight excluding hydrogens is 389 g/mol. The van der Waals surface area contributed by atoms with E-state index in [0.29, 0.717) is 16.1 Å². The standard InChI is InChI=1S/C16H17Cl2NO3S2/c1-10-7-16(14(18)8-13(10)17)24(21,22)19-9-15(20)11-3-5-12(23-2)6-4-11/h3-8,15,19-20H,9H2,1-2H3. The fourth-order valence-electron chi connectivity index (χ4n) is 2.05. The molecule has 1 atom stereocenters. The van der Waals surface area contributed by atoms with Gasteiger partial charge in [-0.3, -0.25) is 0 Å². The predicted octanol–water partition coefficient (Wildman–Crippen LogP) is 4.04. The zero-order chi connectivity index (χ0) is 17.9. The van der Waals surface area contributed by atoms with Gasteiger partial charge in [0.15, 0.2) is 0 Å². The Hall–Kier alpha value is -0.760. The van der Waals surface area contributed by atoms with Gasteiger partial charge in [0.05, 0.1) is 11.1 Å². The van der Waals surface area contributed by atoms with Gasteiger partial charge in [-0.1, -0.05) is 35.3 Å². The van der Waals surface area contributed by atoms with Gasteiger partial charge in [0.2, 0.25) is 10.0 Å². The number of thioether (sulfide) groups is 1. The fraction of sp³-hybridized carbons (Fsp3) is 0.250. The highest BCUT2D eigenvalue weighted by Crippen LogP contribution is 2.28. The van der Waals surface area contributed by atoms with E-state index in [0.717, 1.165) is 4.90 Å². The lowest BCUT2D eigenvalue weighted by molar-refractivity contribution is 0.182. The maximum absolute atomic E-state index is 12.4. The molecule has 0 aromatic heterocycles. The second kappa shape index (κ2) is 8.08. The van der Waals surface area contributed by atoms with Crippen LogP contribution >= 0.6 is 35.0 Å². The summed E-state index contributed by atoms with van der Waals surface area (Å²) in [5.41, 5.74) is 1.24. The quantitative estimate of drug-likeness (QED) is 0.711. The summed E-state index contributed by atoms with van der Waals surface area (Å²) in [6.45, 7) is 1.54. The Morgan fingerprint density at radius 1 is 1.17 bits per heavy atom. The first-order valence-corrected chi connectivity index (χ1v) is 10.5. The van der Waals surface area contributed by atoms with Crippen molar-refractivity contribution in [2.45, 2.75) is 22.8 Å². The van der Waals surface area contributed by atoms with E-state index in [1.807, 2.05) is 18.4 Å². The van der Waals surface area contributed by atoms with E-state index in [1.165, 1.54) is 12.1 Å². The summed E-state index contributed by atoms with van der Waals surface area (Å²) in [5, 5.41) is 10.6. The molecule has 2 aromatic rings. The zero-order valence-electron chi connectivity index (χ0n) is 13.1. The van der Waals surface area contributed by atoms with E-state index in [9.17, 15) is 13.5 Å². The molecule has 0 amide bonds. The number of halogens is 2. The van der Waals surface area contributed by atoms with Gasteiger partial charge in [0.25, 0.3) is 0 Å². The maximum Gasteiger partial charge on any atom is 0.242 e. The summed E-state index contributed by atoms with van der Waals surface area (Å²) >= 11 is 13.5. The topological polar surface area (TPSA) is 66.4 Å². The first-order valence-electron chi connectivity index (χ1n) is 7.02. The zero-order valence-corrected chi connectivity index (χ0v) is 16.2. The van der Waals surface area contributed by atoms with Crippen LogP contribution in [-0.4, -0.2) is 26.3 Å². The highest BCUT2D eigenvalue weighted by Gasteiger charge is 2.21. The average Bonchev–Trinajstić information content (AvgIpc) is 2.56. The molecule has 4 nitrogen and oxygen atoms in total. The van der Waals surface area contributed by atoms with Gasteiger partial charge < -0.3 is 5.11 Å². The first-order chi connectivity index (χ1) is 11.2. The van der Waals surface area contributed by atoms with Crippen LogP contribution in [0.1, 0.15) is 17.2 Å². The molecule has 0 aliphatic rings. The average molecular weight is 406 g/mol. The van der Waals surface area contributed by atoms with Crippen molar-refractivity contribution in [3.05, 3.63) is 57.6 Å². The number of sulfonamides is 1. The van der Waals surface area contributed by atoms with Crippen molar-refractivity contribution in [1.29, 1.82) is 0 Å². The molecule has 0 aliphatic carbocycles. The second-order valence-corrected chi connectivity index (χ2v) is 8.60. The number of aliphatic hydroxyl groups is 1. The monoisotopic (exact) mass is 405 g/mol. The van der Waals surface area contributed by atoms with Gasteiger partial charge in [-0.05, 0) is 48.6 Å². The smallest absolute Gasteiger partial charge is 0.242 e. The third-order valence-electron chi connectivity index (χ3n) is 3.47. The Balaban J connectivity index is 2.13. The third-order valence-corrected chi connectivity index (χ3v) is 6.51. The van der Waals surface area contributed by atoms with Crippen molar-refractivity contribution in [2.24, 2.45) is 0 Å². The van der Waals surface area contributed by atoms with Crippen LogP contribution in [0.5, 0.6) is 0 Å². The molecule has 130 valence electrons. The maximum atomic E-state index is 12.4. The molecule has 0 saturated carbocycles. The molecule has 0 saturated heterocycles. The Kier molecular flexibility index (Phi) is 6.59. The molecule has 0 heterocycles. The van der Waals surface area contributed by atoms with Crippen LogP contribution in [0.15, 0.2) is 46.2 Å². The van der Waals surface area contributed by atoms with Crippen LogP contribution in [-0.2, 0) is 10.0 Å².